The quantitative estimate of drug-likeness (QED) is 0.283. The molecule has 2 N–H and O–H groups in total. The van der Waals surface area contributed by atoms with Gasteiger partial charge in [0.25, 0.3) is 0 Å². The summed E-state index contributed by atoms with van der Waals surface area (Å²) < 4.78 is 2.10. The molecule has 5 nitrogen and oxygen atoms in total. The Morgan fingerprint density at radius 1 is 0.719 bits per heavy atom. The van der Waals surface area contributed by atoms with Crippen molar-refractivity contribution in [3.63, 3.8) is 0 Å². The summed E-state index contributed by atoms with van der Waals surface area (Å²) in [4.78, 5) is 14.7. The third-order valence-corrected chi connectivity index (χ3v) is 6.05. The van der Waals surface area contributed by atoms with Crippen LogP contribution in [0, 0.1) is 6.92 Å². The van der Waals surface area contributed by atoms with Gasteiger partial charge < -0.3 is 10.3 Å². The van der Waals surface area contributed by atoms with Crippen LogP contribution >= 0.6 is 0 Å². The molecule has 154 valence electrons. The van der Waals surface area contributed by atoms with E-state index in [-0.39, 0.29) is 0 Å². The fourth-order valence-corrected chi connectivity index (χ4v) is 4.36. The van der Waals surface area contributed by atoms with Crippen molar-refractivity contribution in [1.82, 2.24) is 19.5 Å². The highest BCUT2D eigenvalue weighted by Gasteiger charge is 2.21. The van der Waals surface area contributed by atoms with Crippen LogP contribution in [0.2, 0.25) is 0 Å². The minimum absolute atomic E-state index is 0.592. The summed E-state index contributed by atoms with van der Waals surface area (Å²) in [6.45, 7) is 2.09. The number of rotatable bonds is 2. The Labute approximate surface area is 185 Å². The van der Waals surface area contributed by atoms with Gasteiger partial charge in [0.1, 0.15) is 11.3 Å². The van der Waals surface area contributed by atoms with Crippen molar-refractivity contribution in [2.24, 2.45) is 7.05 Å². The van der Waals surface area contributed by atoms with Gasteiger partial charge in [-0.1, -0.05) is 54.1 Å². The summed E-state index contributed by atoms with van der Waals surface area (Å²) in [5, 5.41) is 0. The smallest absolute Gasteiger partial charge is 0.143 e. The first-order valence-corrected chi connectivity index (χ1v) is 10.6. The standard InChI is InChI=1S/C27H21N5/c1-16-11-13-17(14-12-16)18-15-22-26(30-20-8-4-3-7-19(20)29-22)25(28)24(18)27-31-21-9-5-6-10-23(21)32(27)2/h3-15H,28H2,1-2H3. The molecular formula is C27H21N5. The van der Waals surface area contributed by atoms with E-state index in [2.05, 4.69) is 47.9 Å². The van der Waals surface area contributed by atoms with Crippen LogP contribution in [0.15, 0.2) is 78.9 Å². The van der Waals surface area contributed by atoms with Gasteiger partial charge in [0.05, 0.1) is 38.8 Å². The number of para-hydroxylation sites is 4. The van der Waals surface area contributed by atoms with Crippen molar-refractivity contribution in [2.45, 2.75) is 6.92 Å². The summed E-state index contributed by atoms with van der Waals surface area (Å²) in [5.41, 5.74) is 16.7. The van der Waals surface area contributed by atoms with Crippen LogP contribution in [0.3, 0.4) is 0 Å². The lowest BCUT2D eigenvalue weighted by Gasteiger charge is -2.16. The highest BCUT2D eigenvalue weighted by molar-refractivity contribution is 6.05. The molecule has 2 heterocycles. The number of nitrogen functional groups attached to an aromatic ring is 1. The first-order chi connectivity index (χ1) is 15.6. The van der Waals surface area contributed by atoms with E-state index >= 15 is 0 Å². The van der Waals surface area contributed by atoms with E-state index in [1.165, 1.54) is 5.56 Å². The summed E-state index contributed by atoms with van der Waals surface area (Å²) in [6, 6.07) is 26.5. The van der Waals surface area contributed by atoms with Gasteiger partial charge in [-0.3, -0.25) is 0 Å². The highest BCUT2D eigenvalue weighted by Crippen LogP contribution is 2.41. The lowest BCUT2D eigenvalue weighted by Crippen LogP contribution is -2.02. The van der Waals surface area contributed by atoms with E-state index in [9.17, 15) is 0 Å². The SMILES string of the molecule is Cc1ccc(-c2cc3nc4ccccc4nc3c(N)c2-c2nc3ccccc3n2C)cc1. The molecule has 0 unspecified atom stereocenters. The molecule has 0 radical (unpaired) electrons. The third-order valence-electron chi connectivity index (χ3n) is 6.05. The molecule has 4 aromatic carbocycles. The van der Waals surface area contributed by atoms with Gasteiger partial charge in [-0.2, -0.15) is 0 Å². The number of hydrogen-bond donors (Lipinski definition) is 1. The maximum Gasteiger partial charge on any atom is 0.143 e. The fraction of sp³-hybridized carbons (Fsp3) is 0.0741. The summed E-state index contributed by atoms with van der Waals surface area (Å²) in [5.74, 6) is 0.816. The molecular weight excluding hydrogens is 394 g/mol. The summed E-state index contributed by atoms with van der Waals surface area (Å²) in [6.07, 6.45) is 0. The van der Waals surface area contributed by atoms with Gasteiger partial charge >= 0.3 is 0 Å². The van der Waals surface area contributed by atoms with E-state index in [1.807, 2.05) is 49.5 Å². The molecule has 0 aliphatic rings. The number of nitrogens with two attached hydrogens (primary N) is 1. The third kappa shape index (κ3) is 2.75. The first kappa shape index (κ1) is 18.5. The normalized spacial score (nSPS) is 11.6. The molecule has 2 aromatic heterocycles. The number of aromatic nitrogens is 4. The number of nitrogens with zero attached hydrogens (tertiary/aromatic N) is 4. The average molecular weight is 416 g/mol. The Morgan fingerprint density at radius 3 is 2.09 bits per heavy atom. The largest absolute Gasteiger partial charge is 0.396 e. The van der Waals surface area contributed by atoms with Crippen molar-refractivity contribution in [3.8, 4) is 22.5 Å². The van der Waals surface area contributed by atoms with Crippen LogP contribution in [0.1, 0.15) is 5.56 Å². The molecule has 0 saturated heterocycles. The zero-order chi connectivity index (χ0) is 21.8. The van der Waals surface area contributed by atoms with Crippen LogP contribution in [0.4, 0.5) is 5.69 Å². The number of benzene rings is 4. The Hall–Kier alpha value is -4.25. The molecule has 0 saturated carbocycles. The van der Waals surface area contributed by atoms with Gasteiger partial charge in [-0.25, -0.2) is 15.0 Å². The van der Waals surface area contributed by atoms with E-state index in [1.54, 1.807) is 0 Å². The maximum absolute atomic E-state index is 6.84. The number of fused-ring (bicyclic) bond motifs is 3. The summed E-state index contributed by atoms with van der Waals surface area (Å²) in [7, 11) is 2.03. The Kier molecular flexibility index (Phi) is 3.98. The molecule has 0 atom stereocenters. The second-order valence-electron chi connectivity index (χ2n) is 8.14. The van der Waals surface area contributed by atoms with Crippen molar-refractivity contribution < 1.29 is 0 Å². The molecule has 0 bridgehead atoms. The molecule has 6 rings (SSSR count). The lowest BCUT2D eigenvalue weighted by molar-refractivity contribution is 0.960. The number of hydrogen-bond acceptors (Lipinski definition) is 4. The number of imidazole rings is 1. The van der Waals surface area contributed by atoms with Crippen molar-refractivity contribution in [2.75, 3.05) is 5.73 Å². The topological polar surface area (TPSA) is 69.6 Å². The molecule has 0 fully saturated rings. The van der Waals surface area contributed by atoms with Crippen LogP contribution < -0.4 is 5.73 Å². The first-order valence-electron chi connectivity index (χ1n) is 10.6. The highest BCUT2D eigenvalue weighted by atomic mass is 15.1. The predicted molar refractivity (Wildman–Crippen MR) is 131 cm³/mol. The molecule has 6 aromatic rings. The maximum atomic E-state index is 6.84. The zero-order valence-electron chi connectivity index (χ0n) is 17.9. The van der Waals surface area contributed by atoms with Crippen LogP contribution in [0.5, 0.6) is 0 Å². The number of anilines is 1. The minimum atomic E-state index is 0.592. The summed E-state index contributed by atoms with van der Waals surface area (Å²) >= 11 is 0. The number of aryl methyl sites for hydroxylation is 2. The Morgan fingerprint density at radius 2 is 1.38 bits per heavy atom. The lowest BCUT2D eigenvalue weighted by atomic mass is 9.95. The van der Waals surface area contributed by atoms with E-state index in [4.69, 9.17) is 20.7 Å². The molecule has 0 spiro atoms. The van der Waals surface area contributed by atoms with Crippen LogP contribution in [-0.2, 0) is 7.05 Å². The van der Waals surface area contributed by atoms with Gasteiger partial charge in [-0.15, -0.1) is 0 Å². The van der Waals surface area contributed by atoms with Crippen molar-refractivity contribution >= 4 is 38.8 Å². The van der Waals surface area contributed by atoms with Crippen LogP contribution in [0.25, 0.3) is 55.6 Å². The second-order valence-corrected chi connectivity index (χ2v) is 8.14. The molecule has 5 heteroatoms. The van der Waals surface area contributed by atoms with Gasteiger partial charge in [0.15, 0.2) is 0 Å². The van der Waals surface area contributed by atoms with Gasteiger partial charge in [0.2, 0.25) is 0 Å². The molecule has 32 heavy (non-hydrogen) atoms. The predicted octanol–water partition coefficient (Wildman–Crippen LogP) is 5.89. The van der Waals surface area contributed by atoms with Crippen molar-refractivity contribution in [3.05, 3.63) is 84.4 Å². The minimum Gasteiger partial charge on any atom is -0.396 e. The van der Waals surface area contributed by atoms with Crippen LogP contribution in [-0.4, -0.2) is 19.5 Å². The molecule has 0 aliphatic carbocycles. The molecule has 0 amide bonds. The Balaban J connectivity index is 1.75. The van der Waals surface area contributed by atoms with Crippen molar-refractivity contribution in [1.29, 1.82) is 0 Å². The average Bonchev–Trinajstić information content (AvgIpc) is 3.14. The monoisotopic (exact) mass is 415 g/mol. The van der Waals surface area contributed by atoms with E-state index in [0.717, 1.165) is 50.1 Å². The van der Waals surface area contributed by atoms with Gasteiger partial charge in [-0.05, 0) is 48.4 Å². The zero-order valence-corrected chi connectivity index (χ0v) is 17.9. The Bertz CT molecular complexity index is 1650. The van der Waals surface area contributed by atoms with Gasteiger partial charge in [0, 0.05) is 7.05 Å². The van der Waals surface area contributed by atoms with E-state index in [0.29, 0.717) is 11.2 Å². The van der Waals surface area contributed by atoms with E-state index < -0.39 is 0 Å². The fourth-order valence-electron chi connectivity index (χ4n) is 4.36. The second kappa shape index (κ2) is 6.89. The molecule has 0 aliphatic heterocycles.